The Labute approximate surface area is 122 Å². The molecule has 21 heavy (non-hydrogen) atoms. The van der Waals surface area contributed by atoms with Crippen LogP contribution in [0.15, 0.2) is 23.1 Å². The molecule has 0 radical (unpaired) electrons. The number of nitrogens with zero attached hydrogens (tertiary/aromatic N) is 1. The van der Waals surface area contributed by atoms with Crippen molar-refractivity contribution in [3.05, 3.63) is 34.1 Å². The molecule has 1 aliphatic rings. The summed E-state index contributed by atoms with van der Waals surface area (Å²) in [7, 11) is -3.85. The number of sulfonamides is 1. The average Bonchev–Trinajstić information content (AvgIpc) is 2.66. The van der Waals surface area contributed by atoms with Crippen molar-refractivity contribution < 1.29 is 17.7 Å². The molecule has 0 saturated heterocycles. The zero-order chi connectivity index (χ0) is 15.5. The fourth-order valence-corrected chi connectivity index (χ4v) is 3.80. The van der Waals surface area contributed by atoms with Gasteiger partial charge in [0.25, 0.3) is 0 Å². The van der Waals surface area contributed by atoms with Crippen LogP contribution in [0.4, 0.5) is 10.1 Å². The standard InChI is InChI=1S/C13H17FN2O4S/c14-12-9-11(7-8-13(12)16(17)18)21(19,20)15-10-5-3-1-2-4-6-10/h7-10,15H,1-6H2. The summed E-state index contributed by atoms with van der Waals surface area (Å²) < 4.78 is 40.5. The molecule has 0 bridgehead atoms. The first-order valence-electron chi connectivity index (χ1n) is 6.86. The molecule has 6 nitrogen and oxygen atoms in total. The Morgan fingerprint density at radius 1 is 1.19 bits per heavy atom. The molecule has 2 rings (SSSR count). The second-order valence-corrected chi connectivity index (χ2v) is 6.89. The Morgan fingerprint density at radius 3 is 2.33 bits per heavy atom. The Bertz CT molecular complexity index is 625. The number of rotatable bonds is 4. The summed E-state index contributed by atoms with van der Waals surface area (Å²) in [4.78, 5) is 9.37. The van der Waals surface area contributed by atoms with Crippen LogP contribution < -0.4 is 4.72 Å². The summed E-state index contributed by atoms with van der Waals surface area (Å²) in [6, 6.07) is 2.46. The van der Waals surface area contributed by atoms with E-state index in [9.17, 15) is 22.9 Å². The number of hydrogen-bond acceptors (Lipinski definition) is 4. The van der Waals surface area contributed by atoms with Crippen molar-refractivity contribution >= 4 is 15.7 Å². The highest BCUT2D eigenvalue weighted by Gasteiger charge is 2.24. The summed E-state index contributed by atoms with van der Waals surface area (Å²) >= 11 is 0. The summed E-state index contributed by atoms with van der Waals surface area (Å²) in [6.45, 7) is 0. The van der Waals surface area contributed by atoms with Gasteiger partial charge < -0.3 is 0 Å². The SMILES string of the molecule is O=[N+]([O-])c1ccc(S(=O)(=O)NC2CCCCCC2)cc1F. The minimum absolute atomic E-state index is 0.157. The average molecular weight is 316 g/mol. The van der Waals surface area contributed by atoms with Gasteiger partial charge >= 0.3 is 5.69 Å². The van der Waals surface area contributed by atoms with Gasteiger partial charge in [0.1, 0.15) is 0 Å². The predicted molar refractivity (Wildman–Crippen MR) is 74.9 cm³/mol. The van der Waals surface area contributed by atoms with Crippen LogP contribution in [0.3, 0.4) is 0 Å². The molecular formula is C13H17FN2O4S. The van der Waals surface area contributed by atoms with Crippen molar-refractivity contribution in [1.82, 2.24) is 4.72 Å². The van der Waals surface area contributed by atoms with E-state index in [-0.39, 0.29) is 10.9 Å². The molecule has 0 aliphatic heterocycles. The summed E-state index contributed by atoms with van der Waals surface area (Å²) in [5.41, 5.74) is -0.733. The number of hydrogen-bond donors (Lipinski definition) is 1. The van der Waals surface area contributed by atoms with Crippen molar-refractivity contribution in [2.75, 3.05) is 0 Å². The first kappa shape index (κ1) is 15.8. The topological polar surface area (TPSA) is 89.3 Å². The van der Waals surface area contributed by atoms with Gasteiger partial charge in [-0.05, 0) is 18.9 Å². The number of benzene rings is 1. The van der Waals surface area contributed by atoms with Gasteiger partial charge in [-0.2, -0.15) is 4.39 Å². The first-order valence-corrected chi connectivity index (χ1v) is 8.35. The number of nitro groups is 1. The highest BCUT2D eigenvalue weighted by molar-refractivity contribution is 7.89. The molecule has 1 aromatic rings. The zero-order valence-corrected chi connectivity index (χ0v) is 12.2. The third-order valence-electron chi connectivity index (χ3n) is 3.60. The second kappa shape index (κ2) is 6.48. The molecule has 0 heterocycles. The lowest BCUT2D eigenvalue weighted by Gasteiger charge is -2.16. The molecule has 1 saturated carbocycles. The quantitative estimate of drug-likeness (QED) is 0.525. The van der Waals surface area contributed by atoms with Gasteiger partial charge in [0, 0.05) is 18.2 Å². The molecular weight excluding hydrogens is 299 g/mol. The Kier molecular flexibility index (Phi) is 4.89. The zero-order valence-electron chi connectivity index (χ0n) is 11.4. The molecule has 1 aliphatic carbocycles. The fourth-order valence-electron chi connectivity index (χ4n) is 2.49. The van der Waals surface area contributed by atoms with Crippen LogP contribution in [0.2, 0.25) is 0 Å². The molecule has 0 unspecified atom stereocenters. The fraction of sp³-hybridized carbons (Fsp3) is 0.538. The molecule has 116 valence electrons. The lowest BCUT2D eigenvalue weighted by Crippen LogP contribution is -2.34. The second-order valence-electron chi connectivity index (χ2n) is 5.18. The largest absolute Gasteiger partial charge is 0.304 e. The van der Waals surface area contributed by atoms with Crippen LogP contribution in [0.25, 0.3) is 0 Å². The molecule has 0 spiro atoms. The van der Waals surface area contributed by atoms with Crippen LogP contribution in [0.1, 0.15) is 38.5 Å². The molecule has 1 N–H and O–H groups in total. The van der Waals surface area contributed by atoms with Gasteiger partial charge in [0.05, 0.1) is 9.82 Å². The van der Waals surface area contributed by atoms with E-state index in [0.29, 0.717) is 6.07 Å². The maximum Gasteiger partial charge on any atom is 0.304 e. The third kappa shape index (κ3) is 3.98. The summed E-state index contributed by atoms with van der Waals surface area (Å²) in [5, 5.41) is 10.5. The molecule has 8 heteroatoms. The van der Waals surface area contributed by atoms with E-state index in [1.54, 1.807) is 0 Å². The van der Waals surface area contributed by atoms with E-state index in [1.165, 1.54) is 0 Å². The molecule has 0 atom stereocenters. The summed E-state index contributed by atoms with van der Waals surface area (Å²) in [5.74, 6) is -1.15. The van der Waals surface area contributed by atoms with Crippen LogP contribution in [0, 0.1) is 15.9 Å². The van der Waals surface area contributed by atoms with E-state index in [1.807, 2.05) is 0 Å². The van der Waals surface area contributed by atoms with E-state index < -0.39 is 26.5 Å². The minimum atomic E-state index is -3.85. The Morgan fingerprint density at radius 2 is 1.81 bits per heavy atom. The highest BCUT2D eigenvalue weighted by atomic mass is 32.2. The van der Waals surface area contributed by atoms with Crippen molar-refractivity contribution in [2.45, 2.75) is 49.5 Å². The van der Waals surface area contributed by atoms with E-state index >= 15 is 0 Å². The maximum absolute atomic E-state index is 13.5. The van der Waals surface area contributed by atoms with Gasteiger partial charge in [-0.3, -0.25) is 10.1 Å². The van der Waals surface area contributed by atoms with E-state index in [0.717, 1.165) is 50.7 Å². The summed E-state index contributed by atoms with van der Waals surface area (Å²) in [6.07, 6.45) is 5.61. The Hall–Kier alpha value is -1.54. The molecule has 1 fully saturated rings. The normalized spacial score (nSPS) is 17.4. The number of nitro benzene ring substituents is 1. The van der Waals surface area contributed by atoms with E-state index in [2.05, 4.69) is 4.72 Å². The van der Waals surface area contributed by atoms with Gasteiger partial charge in [0.2, 0.25) is 15.8 Å². The predicted octanol–water partition coefficient (Wildman–Crippen LogP) is 2.74. The number of halogens is 1. The van der Waals surface area contributed by atoms with Crippen LogP contribution in [0.5, 0.6) is 0 Å². The van der Waals surface area contributed by atoms with Gasteiger partial charge in [-0.15, -0.1) is 0 Å². The third-order valence-corrected chi connectivity index (χ3v) is 5.12. The maximum atomic E-state index is 13.5. The minimum Gasteiger partial charge on any atom is -0.258 e. The first-order chi connectivity index (χ1) is 9.90. The molecule has 0 amide bonds. The van der Waals surface area contributed by atoms with Gasteiger partial charge in [0.15, 0.2) is 0 Å². The Balaban J connectivity index is 2.19. The molecule has 0 aromatic heterocycles. The highest BCUT2D eigenvalue weighted by Crippen LogP contribution is 2.23. The lowest BCUT2D eigenvalue weighted by atomic mass is 10.1. The van der Waals surface area contributed by atoms with Crippen molar-refractivity contribution in [3.63, 3.8) is 0 Å². The number of nitrogens with one attached hydrogen (secondary N) is 1. The monoisotopic (exact) mass is 316 g/mol. The smallest absolute Gasteiger partial charge is 0.258 e. The van der Waals surface area contributed by atoms with Crippen molar-refractivity contribution in [1.29, 1.82) is 0 Å². The molecule has 1 aromatic carbocycles. The van der Waals surface area contributed by atoms with Crippen LogP contribution in [-0.4, -0.2) is 19.4 Å². The van der Waals surface area contributed by atoms with E-state index in [4.69, 9.17) is 0 Å². The van der Waals surface area contributed by atoms with Crippen molar-refractivity contribution in [3.8, 4) is 0 Å². The van der Waals surface area contributed by atoms with Gasteiger partial charge in [-0.25, -0.2) is 13.1 Å². The van der Waals surface area contributed by atoms with Crippen LogP contribution >= 0.6 is 0 Å². The van der Waals surface area contributed by atoms with Crippen LogP contribution in [-0.2, 0) is 10.0 Å². The lowest BCUT2D eigenvalue weighted by molar-refractivity contribution is -0.387. The van der Waals surface area contributed by atoms with Gasteiger partial charge in [-0.1, -0.05) is 25.7 Å². The van der Waals surface area contributed by atoms with Crippen molar-refractivity contribution in [2.24, 2.45) is 0 Å².